The van der Waals surface area contributed by atoms with Crippen molar-refractivity contribution < 1.29 is 8.91 Å². The summed E-state index contributed by atoms with van der Waals surface area (Å²) in [5.74, 6) is 1.14. The highest BCUT2D eigenvalue weighted by Crippen LogP contribution is 2.28. The molecule has 4 aromatic rings. The summed E-state index contributed by atoms with van der Waals surface area (Å²) >= 11 is 1.54. The van der Waals surface area contributed by atoms with Gasteiger partial charge in [0.2, 0.25) is 0 Å². The first-order valence-electron chi connectivity index (χ1n) is 7.20. The Morgan fingerprint density at radius 3 is 2.79 bits per heavy atom. The predicted octanol–water partition coefficient (Wildman–Crippen LogP) is 3.54. The van der Waals surface area contributed by atoms with Crippen molar-refractivity contribution in [1.82, 2.24) is 24.9 Å². The lowest BCUT2D eigenvalue weighted by Gasteiger charge is -2.03. The summed E-state index contributed by atoms with van der Waals surface area (Å²) in [7, 11) is 0. The third-order valence-corrected chi connectivity index (χ3v) is 4.47. The van der Waals surface area contributed by atoms with E-state index in [1.165, 1.54) is 18.5 Å². The number of aryl methyl sites for hydroxylation is 1. The minimum Gasteiger partial charge on any atom is -0.361 e. The first-order valence-corrected chi connectivity index (χ1v) is 8.19. The molecule has 3 heterocycles. The molecule has 0 radical (unpaired) electrons. The SMILES string of the molecule is Cc1cc(CSc2ncnc3c2cnn3-c2ccc(F)cc2)no1. The van der Waals surface area contributed by atoms with Gasteiger partial charge in [-0.05, 0) is 31.2 Å². The Labute approximate surface area is 140 Å². The molecular weight excluding hydrogens is 329 g/mol. The van der Waals surface area contributed by atoms with Gasteiger partial charge in [0, 0.05) is 11.8 Å². The first-order chi connectivity index (χ1) is 11.7. The van der Waals surface area contributed by atoms with Crippen LogP contribution in [0.3, 0.4) is 0 Å². The van der Waals surface area contributed by atoms with Crippen LogP contribution in [0, 0.1) is 12.7 Å². The second-order valence-electron chi connectivity index (χ2n) is 5.17. The Bertz CT molecular complexity index is 995. The maximum Gasteiger partial charge on any atom is 0.167 e. The number of halogens is 1. The summed E-state index contributed by atoms with van der Waals surface area (Å²) in [5.41, 5.74) is 2.28. The van der Waals surface area contributed by atoms with Gasteiger partial charge >= 0.3 is 0 Å². The van der Waals surface area contributed by atoms with E-state index in [9.17, 15) is 4.39 Å². The molecule has 0 N–H and O–H groups in total. The van der Waals surface area contributed by atoms with Crippen LogP contribution in [-0.4, -0.2) is 24.9 Å². The normalized spacial score (nSPS) is 11.2. The number of nitrogens with zero attached hydrogens (tertiary/aromatic N) is 5. The molecule has 4 rings (SSSR count). The number of fused-ring (bicyclic) bond motifs is 1. The molecule has 0 unspecified atom stereocenters. The summed E-state index contributed by atoms with van der Waals surface area (Å²) in [6.07, 6.45) is 3.22. The van der Waals surface area contributed by atoms with Gasteiger partial charge in [0.1, 0.15) is 22.9 Å². The van der Waals surface area contributed by atoms with E-state index in [2.05, 4.69) is 20.2 Å². The Morgan fingerprint density at radius 2 is 2.04 bits per heavy atom. The topological polar surface area (TPSA) is 69.6 Å². The van der Waals surface area contributed by atoms with Crippen LogP contribution in [0.4, 0.5) is 4.39 Å². The number of hydrogen-bond donors (Lipinski definition) is 0. The highest BCUT2D eigenvalue weighted by Gasteiger charge is 2.12. The van der Waals surface area contributed by atoms with Crippen molar-refractivity contribution in [2.45, 2.75) is 17.7 Å². The van der Waals surface area contributed by atoms with E-state index >= 15 is 0 Å². The molecule has 0 aliphatic rings. The second-order valence-corrected chi connectivity index (χ2v) is 6.13. The van der Waals surface area contributed by atoms with Crippen molar-refractivity contribution in [3.8, 4) is 5.69 Å². The number of thioether (sulfide) groups is 1. The van der Waals surface area contributed by atoms with Crippen molar-refractivity contribution in [3.05, 3.63) is 60.1 Å². The van der Waals surface area contributed by atoms with Gasteiger partial charge in [-0.1, -0.05) is 16.9 Å². The van der Waals surface area contributed by atoms with Gasteiger partial charge in [0.25, 0.3) is 0 Å². The molecule has 0 spiro atoms. The van der Waals surface area contributed by atoms with Gasteiger partial charge in [0.15, 0.2) is 5.65 Å². The number of hydrogen-bond acceptors (Lipinski definition) is 6. The van der Waals surface area contributed by atoms with Crippen molar-refractivity contribution in [3.63, 3.8) is 0 Å². The third-order valence-electron chi connectivity index (χ3n) is 3.43. The van der Waals surface area contributed by atoms with E-state index in [0.29, 0.717) is 11.4 Å². The number of benzene rings is 1. The molecule has 120 valence electrons. The van der Waals surface area contributed by atoms with Crippen LogP contribution in [0.25, 0.3) is 16.7 Å². The maximum atomic E-state index is 13.1. The van der Waals surface area contributed by atoms with Gasteiger partial charge < -0.3 is 4.52 Å². The molecule has 0 amide bonds. The molecule has 0 aliphatic heterocycles. The number of rotatable bonds is 4. The van der Waals surface area contributed by atoms with Crippen LogP contribution in [0.5, 0.6) is 0 Å². The van der Waals surface area contributed by atoms with E-state index in [1.807, 2.05) is 13.0 Å². The Morgan fingerprint density at radius 1 is 1.21 bits per heavy atom. The Hall–Kier alpha value is -2.74. The first kappa shape index (κ1) is 14.8. The molecule has 24 heavy (non-hydrogen) atoms. The largest absolute Gasteiger partial charge is 0.361 e. The fourth-order valence-corrected chi connectivity index (χ4v) is 3.18. The third kappa shape index (κ3) is 2.76. The molecular formula is C16H12FN5OS. The zero-order chi connectivity index (χ0) is 16.5. The Balaban J connectivity index is 1.67. The molecule has 6 nitrogen and oxygen atoms in total. The van der Waals surface area contributed by atoms with Gasteiger partial charge in [0.05, 0.1) is 23.0 Å². The van der Waals surface area contributed by atoms with Gasteiger partial charge in [-0.3, -0.25) is 0 Å². The smallest absolute Gasteiger partial charge is 0.167 e. The van der Waals surface area contributed by atoms with Gasteiger partial charge in [-0.15, -0.1) is 0 Å². The monoisotopic (exact) mass is 341 g/mol. The van der Waals surface area contributed by atoms with E-state index in [4.69, 9.17) is 4.52 Å². The van der Waals surface area contributed by atoms with E-state index in [0.717, 1.165) is 27.6 Å². The molecule has 0 saturated heterocycles. The predicted molar refractivity (Wildman–Crippen MR) is 87.4 cm³/mol. The fraction of sp³-hybridized carbons (Fsp3) is 0.125. The lowest BCUT2D eigenvalue weighted by molar-refractivity contribution is 0.393. The van der Waals surface area contributed by atoms with E-state index < -0.39 is 0 Å². The van der Waals surface area contributed by atoms with Gasteiger partial charge in [-0.25, -0.2) is 19.0 Å². The standard InChI is InChI=1S/C16H12FN5OS/c1-10-6-12(21-23-10)8-24-16-14-7-20-22(15(14)18-9-19-16)13-4-2-11(17)3-5-13/h2-7,9H,8H2,1H3. The summed E-state index contributed by atoms with van der Waals surface area (Å²) < 4.78 is 19.8. The molecule has 0 fully saturated rings. The summed E-state index contributed by atoms with van der Waals surface area (Å²) in [4.78, 5) is 8.64. The minimum absolute atomic E-state index is 0.288. The molecule has 0 saturated carbocycles. The summed E-state index contributed by atoms with van der Waals surface area (Å²) in [6.45, 7) is 1.86. The van der Waals surface area contributed by atoms with Gasteiger partial charge in [-0.2, -0.15) is 5.10 Å². The molecule has 0 aliphatic carbocycles. The highest BCUT2D eigenvalue weighted by molar-refractivity contribution is 7.98. The van der Waals surface area contributed by atoms with Crippen molar-refractivity contribution in [2.24, 2.45) is 0 Å². The van der Waals surface area contributed by atoms with Crippen LogP contribution in [0.2, 0.25) is 0 Å². The average molecular weight is 341 g/mol. The van der Waals surface area contributed by atoms with E-state index in [1.54, 1.807) is 34.8 Å². The molecule has 8 heteroatoms. The average Bonchev–Trinajstić information content (AvgIpc) is 3.20. The zero-order valence-electron chi connectivity index (χ0n) is 12.7. The van der Waals surface area contributed by atoms with Crippen LogP contribution in [0.1, 0.15) is 11.5 Å². The van der Waals surface area contributed by atoms with Crippen LogP contribution in [0.15, 0.2) is 52.4 Å². The van der Waals surface area contributed by atoms with Crippen LogP contribution < -0.4 is 0 Å². The minimum atomic E-state index is -0.288. The lowest BCUT2D eigenvalue weighted by Crippen LogP contribution is -1.98. The quantitative estimate of drug-likeness (QED) is 0.418. The molecule has 0 atom stereocenters. The maximum absolute atomic E-state index is 13.1. The number of aromatic nitrogens is 5. The Kier molecular flexibility index (Phi) is 3.73. The summed E-state index contributed by atoms with van der Waals surface area (Å²) in [5, 5.41) is 9.99. The molecule has 3 aromatic heterocycles. The second kappa shape index (κ2) is 6.04. The van der Waals surface area contributed by atoms with E-state index in [-0.39, 0.29) is 5.82 Å². The lowest BCUT2D eigenvalue weighted by atomic mass is 10.3. The molecule has 0 bridgehead atoms. The van der Waals surface area contributed by atoms with Crippen molar-refractivity contribution in [2.75, 3.05) is 0 Å². The fourth-order valence-electron chi connectivity index (χ4n) is 2.34. The molecule has 1 aromatic carbocycles. The van der Waals surface area contributed by atoms with Crippen molar-refractivity contribution >= 4 is 22.8 Å². The summed E-state index contributed by atoms with van der Waals surface area (Å²) in [6, 6.07) is 8.01. The van der Waals surface area contributed by atoms with Crippen molar-refractivity contribution in [1.29, 1.82) is 0 Å². The van der Waals surface area contributed by atoms with Crippen LogP contribution in [-0.2, 0) is 5.75 Å². The highest BCUT2D eigenvalue weighted by atomic mass is 32.2. The van der Waals surface area contributed by atoms with Crippen LogP contribution >= 0.6 is 11.8 Å². The zero-order valence-corrected chi connectivity index (χ0v) is 13.5.